The summed E-state index contributed by atoms with van der Waals surface area (Å²) < 4.78 is 37.4. The van der Waals surface area contributed by atoms with E-state index in [-0.39, 0.29) is 11.9 Å². The zero-order chi connectivity index (χ0) is 13.9. The van der Waals surface area contributed by atoms with Crippen LogP contribution in [0.15, 0.2) is 6.07 Å². The minimum absolute atomic E-state index is 0.0111. The summed E-state index contributed by atoms with van der Waals surface area (Å²) in [6.45, 7) is 3.31. The SMILES string of the molecule is CC(O)CC(C)Nc1cc(C(F)(F)F)nc(N)n1. The topological polar surface area (TPSA) is 84.1 Å². The van der Waals surface area contributed by atoms with E-state index in [1.165, 1.54) is 0 Å². The lowest BCUT2D eigenvalue weighted by molar-refractivity contribution is -0.141. The van der Waals surface area contributed by atoms with Crippen molar-refractivity contribution in [1.29, 1.82) is 0 Å². The number of aliphatic hydroxyl groups is 1. The van der Waals surface area contributed by atoms with E-state index < -0.39 is 23.9 Å². The van der Waals surface area contributed by atoms with Gasteiger partial charge in [-0.15, -0.1) is 0 Å². The van der Waals surface area contributed by atoms with Crippen LogP contribution in [0.5, 0.6) is 0 Å². The van der Waals surface area contributed by atoms with Crippen LogP contribution in [-0.4, -0.2) is 27.2 Å². The predicted molar refractivity (Wildman–Crippen MR) is 60.8 cm³/mol. The van der Waals surface area contributed by atoms with Gasteiger partial charge in [0, 0.05) is 12.1 Å². The van der Waals surface area contributed by atoms with Crippen molar-refractivity contribution in [1.82, 2.24) is 9.97 Å². The highest BCUT2D eigenvalue weighted by molar-refractivity contribution is 5.41. The van der Waals surface area contributed by atoms with E-state index in [1.54, 1.807) is 13.8 Å². The van der Waals surface area contributed by atoms with Gasteiger partial charge in [-0.25, -0.2) is 4.98 Å². The molecular weight excluding hydrogens is 249 g/mol. The molecule has 2 atom stereocenters. The number of hydrogen-bond acceptors (Lipinski definition) is 5. The lowest BCUT2D eigenvalue weighted by Crippen LogP contribution is -2.22. The average Bonchev–Trinajstić information content (AvgIpc) is 2.13. The Bertz CT molecular complexity index is 409. The van der Waals surface area contributed by atoms with Crippen LogP contribution in [0.2, 0.25) is 0 Å². The van der Waals surface area contributed by atoms with Gasteiger partial charge < -0.3 is 16.2 Å². The van der Waals surface area contributed by atoms with E-state index in [1.807, 2.05) is 0 Å². The number of nitrogens with two attached hydrogens (primary N) is 1. The number of aliphatic hydroxyl groups excluding tert-OH is 1. The maximum Gasteiger partial charge on any atom is 0.433 e. The number of nitrogen functional groups attached to an aromatic ring is 1. The zero-order valence-corrected chi connectivity index (χ0v) is 9.99. The fourth-order valence-corrected chi connectivity index (χ4v) is 1.51. The Labute approximate surface area is 102 Å². The maximum atomic E-state index is 12.5. The number of rotatable bonds is 4. The summed E-state index contributed by atoms with van der Waals surface area (Å²) in [7, 11) is 0. The highest BCUT2D eigenvalue weighted by Gasteiger charge is 2.33. The van der Waals surface area contributed by atoms with Crippen molar-refractivity contribution in [2.45, 2.75) is 38.6 Å². The zero-order valence-electron chi connectivity index (χ0n) is 9.99. The predicted octanol–water partition coefficient (Wildman–Crippen LogP) is 1.65. The third kappa shape index (κ3) is 4.36. The fourth-order valence-electron chi connectivity index (χ4n) is 1.51. The van der Waals surface area contributed by atoms with Gasteiger partial charge in [0.15, 0.2) is 5.69 Å². The van der Waals surface area contributed by atoms with E-state index in [9.17, 15) is 13.2 Å². The number of halogens is 3. The number of nitrogens with one attached hydrogen (secondary N) is 1. The third-order valence-electron chi connectivity index (χ3n) is 2.12. The van der Waals surface area contributed by atoms with Crippen LogP contribution in [0.25, 0.3) is 0 Å². The molecular formula is C10H15F3N4O. The van der Waals surface area contributed by atoms with Crippen LogP contribution >= 0.6 is 0 Å². The van der Waals surface area contributed by atoms with Crippen LogP contribution in [0.4, 0.5) is 24.9 Å². The molecule has 0 bridgehead atoms. The largest absolute Gasteiger partial charge is 0.433 e. The maximum absolute atomic E-state index is 12.5. The van der Waals surface area contributed by atoms with Crippen molar-refractivity contribution in [3.05, 3.63) is 11.8 Å². The van der Waals surface area contributed by atoms with Crippen molar-refractivity contribution in [2.75, 3.05) is 11.1 Å². The Morgan fingerprint density at radius 2 is 2.00 bits per heavy atom. The number of nitrogens with zero attached hydrogens (tertiary/aromatic N) is 2. The summed E-state index contributed by atoms with van der Waals surface area (Å²) in [6, 6.07) is 0.551. The molecule has 1 aromatic heterocycles. The van der Waals surface area contributed by atoms with Gasteiger partial charge in [0.05, 0.1) is 6.10 Å². The number of anilines is 2. The van der Waals surface area contributed by atoms with E-state index in [2.05, 4.69) is 15.3 Å². The molecule has 1 aromatic rings. The molecule has 1 heterocycles. The first-order chi connectivity index (χ1) is 8.18. The Morgan fingerprint density at radius 1 is 1.39 bits per heavy atom. The highest BCUT2D eigenvalue weighted by Crippen LogP contribution is 2.29. The molecule has 4 N–H and O–H groups in total. The van der Waals surface area contributed by atoms with E-state index in [0.717, 1.165) is 6.07 Å². The molecule has 0 aromatic carbocycles. The monoisotopic (exact) mass is 264 g/mol. The van der Waals surface area contributed by atoms with E-state index >= 15 is 0 Å². The minimum Gasteiger partial charge on any atom is -0.393 e. The number of alkyl halides is 3. The van der Waals surface area contributed by atoms with Crippen molar-refractivity contribution in [2.24, 2.45) is 0 Å². The lowest BCUT2D eigenvalue weighted by Gasteiger charge is -2.17. The standard InChI is InChI=1S/C10H15F3N4O/c1-5(3-6(2)18)15-8-4-7(10(11,12)13)16-9(14)17-8/h4-6,18H,3H2,1-2H3,(H3,14,15,16,17). The van der Waals surface area contributed by atoms with Crippen molar-refractivity contribution in [3.8, 4) is 0 Å². The van der Waals surface area contributed by atoms with Crippen LogP contribution in [0, 0.1) is 0 Å². The van der Waals surface area contributed by atoms with Crippen LogP contribution in [0.3, 0.4) is 0 Å². The van der Waals surface area contributed by atoms with Gasteiger partial charge in [0.1, 0.15) is 5.82 Å². The van der Waals surface area contributed by atoms with Gasteiger partial charge in [-0.2, -0.15) is 18.2 Å². The second-order valence-electron chi connectivity index (χ2n) is 4.12. The first-order valence-electron chi connectivity index (χ1n) is 5.35. The summed E-state index contributed by atoms with van der Waals surface area (Å²) in [6.07, 6.45) is -4.75. The number of aromatic nitrogens is 2. The molecule has 2 unspecified atom stereocenters. The molecule has 0 radical (unpaired) electrons. The summed E-state index contributed by atoms with van der Waals surface area (Å²) in [5, 5.41) is 11.9. The molecule has 0 aliphatic rings. The Morgan fingerprint density at radius 3 is 2.50 bits per heavy atom. The summed E-state index contributed by atoms with van der Waals surface area (Å²) in [4.78, 5) is 6.79. The first kappa shape index (κ1) is 14.5. The average molecular weight is 264 g/mol. The van der Waals surface area contributed by atoms with Gasteiger partial charge >= 0.3 is 6.18 Å². The first-order valence-corrected chi connectivity index (χ1v) is 5.35. The quantitative estimate of drug-likeness (QED) is 0.770. The van der Waals surface area contributed by atoms with Gasteiger partial charge in [0.25, 0.3) is 0 Å². The Hall–Kier alpha value is -1.57. The molecule has 5 nitrogen and oxygen atoms in total. The molecule has 0 saturated heterocycles. The van der Waals surface area contributed by atoms with E-state index in [4.69, 9.17) is 10.8 Å². The van der Waals surface area contributed by atoms with Gasteiger partial charge in [-0.05, 0) is 20.3 Å². The molecule has 0 saturated carbocycles. The summed E-state index contributed by atoms with van der Waals surface area (Å²) in [5.74, 6) is -0.459. The van der Waals surface area contributed by atoms with Gasteiger partial charge in [-0.1, -0.05) is 0 Å². The molecule has 0 fully saturated rings. The molecule has 1 rings (SSSR count). The van der Waals surface area contributed by atoms with Crippen molar-refractivity contribution < 1.29 is 18.3 Å². The smallest absolute Gasteiger partial charge is 0.393 e. The van der Waals surface area contributed by atoms with Gasteiger partial charge in [-0.3, -0.25) is 0 Å². The van der Waals surface area contributed by atoms with Crippen molar-refractivity contribution >= 4 is 11.8 Å². The molecule has 8 heteroatoms. The minimum atomic E-state index is -4.57. The summed E-state index contributed by atoms with van der Waals surface area (Å²) in [5.41, 5.74) is 4.13. The fraction of sp³-hybridized carbons (Fsp3) is 0.600. The van der Waals surface area contributed by atoms with Gasteiger partial charge in [0.2, 0.25) is 5.95 Å². The molecule has 18 heavy (non-hydrogen) atoms. The second kappa shape index (κ2) is 5.38. The normalized spacial score (nSPS) is 15.2. The van der Waals surface area contributed by atoms with Crippen LogP contribution in [-0.2, 0) is 6.18 Å². The molecule has 0 amide bonds. The third-order valence-corrected chi connectivity index (χ3v) is 2.12. The van der Waals surface area contributed by atoms with Crippen LogP contribution in [0.1, 0.15) is 26.0 Å². The molecule has 0 aliphatic carbocycles. The molecule has 0 spiro atoms. The second-order valence-corrected chi connectivity index (χ2v) is 4.12. The number of hydrogen-bond donors (Lipinski definition) is 3. The lowest BCUT2D eigenvalue weighted by atomic mass is 10.1. The Balaban J connectivity index is 2.87. The van der Waals surface area contributed by atoms with E-state index in [0.29, 0.717) is 6.42 Å². The van der Waals surface area contributed by atoms with Crippen LogP contribution < -0.4 is 11.1 Å². The van der Waals surface area contributed by atoms with Crippen molar-refractivity contribution in [3.63, 3.8) is 0 Å². The molecule has 0 aliphatic heterocycles. The molecule has 102 valence electrons. The Kier molecular flexibility index (Phi) is 4.33. The highest BCUT2D eigenvalue weighted by atomic mass is 19.4. The summed E-state index contributed by atoms with van der Waals surface area (Å²) >= 11 is 0.